The standard InChI is InChI=1S/C7H14N2/c1-4-9-7-2-3-8-5-6(1)7/h6-9H,1-5H2/t6-,7+/m0/s1. The van der Waals surface area contributed by atoms with Crippen molar-refractivity contribution in [2.45, 2.75) is 18.9 Å². The number of rotatable bonds is 0. The van der Waals surface area contributed by atoms with Crippen LogP contribution in [0.1, 0.15) is 12.8 Å². The molecule has 2 saturated heterocycles. The number of nitrogens with one attached hydrogen (secondary N) is 2. The number of piperidine rings is 1. The molecule has 0 aliphatic carbocycles. The molecule has 9 heavy (non-hydrogen) atoms. The number of hydrogen-bond acceptors (Lipinski definition) is 2. The van der Waals surface area contributed by atoms with Gasteiger partial charge in [0.1, 0.15) is 0 Å². The van der Waals surface area contributed by atoms with Gasteiger partial charge in [-0.05, 0) is 38.4 Å². The molecule has 2 heterocycles. The largest absolute Gasteiger partial charge is 0.316 e. The Morgan fingerprint density at radius 1 is 1.11 bits per heavy atom. The summed E-state index contributed by atoms with van der Waals surface area (Å²) in [5.41, 5.74) is 0. The van der Waals surface area contributed by atoms with Gasteiger partial charge >= 0.3 is 0 Å². The summed E-state index contributed by atoms with van der Waals surface area (Å²) < 4.78 is 0. The molecule has 0 saturated carbocycles. The van der Waals surface area contributed by atoms with Gasteiger partial charge < -0.3 is 10.6 Å². The Morgan fingerprint density at radius 2 is 2.11 bits per heavy atom. The molecule has 0 spiro atoms. The lowest BCUT2D eigenvalue weighted by molar-refractivity contribution is 0.344. The van der Waals surface area contributed by atoms with Crippen molar-refractivity contribution in [1.29, 1.82) is 0 Å². The first-order chi connectivity index (χ1) is 4.47. The average Bonchev–Trinajstić information content (AvgIpc) is 2.33. The second kappa shape index (κ2) is 2.27. The van der Waals surface area contributed by atoms with Crippen molar-refractivity contribution in [3.8, 4) is 0 Å². The van der Waals surface area contributed by atoms with Gasteiger partial charge in [-0.1, -0.05) is 0 Å². The Labute approximate surface area is 56.0 Å². The summed E-state index contributed by atoms with van der Waals surface area (Å²) in [5, 5.41) is 6.93. The minimum atomic E-state index is 0.853. The molecule has 0 aromatic carbocycles. The zero-order valence-corrected chi connectivity index (χ0v) is 5.69. The van der Waals surface area contributed by atoms with Crippen molar-refractivity contribution >= 4 is 0 Å². The van der Waals surface area contributed by atoms with Gasteiger partial charge in [-0.15, -0.1) is 0 Å². The molecule has 2 rings (SSSR count). The van der Waals surface area contributed by atoms with Crippen molar-refractivity contribution < 1.29 is 0 Å². The third kappa shape index (κ3) is 0.970. The predicted octanol–water partition coefficient (Wildman–Crippen LogP) is -0.0422. The van der Waals surface area contributed by atoms with Crippen molar-refractivity contribution in [1.82, 2.24) is 10.6 Å². The van der Waals surface area contributed by atoms with E-state index in [9.17, 15) is 0 Å². The fourth-order valence-corrected chi connectivity index (χ4v) is 1.95. The van der Waals surface area contributed by atoms with Crippen molar-refractivity contribution in [2.24, 2.45) is 5.92 Å². The molecule has 2 aliphatic heterocycles. The Kier molecular flexibility index (Phi) is 1.44. The molecular weight excluding hydrogens is 112 g/mol. The highest BCUT2D eigenvalue weighted by Gasteiger charge is 2.28. The first kappa shape index (κ1) is 5.69. The lowest BCUT2D eigenvalue weighted by Gasteiger charge is -2.25. The third-order valence-electron chi connectivity index (χ3n) is 2.53. The van der Waals surface area contributed by atoms with Gasteiger partial charge in [0.2, 0.25) is 0 Å². The second-order valence-corrected chi connectivity index (χ2v) is 3.10. The highest BCUT2D eigenvalue weighted by atomic mass is 15.0. The van der Waals surface area contributed by atoms with Gasteiger partial charge in [0.05, 0.1) is 0 Å². The fourth-order valence-electron chi connectivity index (χ4n) is 1.95. The quantitative estimate of drug-likeness (QED) is 0.476. The van der Waals surface area contributed by atoms with Crippen LogP contribution in [0.2, 0.25) is 0 Å². The van der Waals surface area contributed by atoms with E-state index in [4.69, 9.17) is 0 Å². The minimum Gasteiger partial charge on any atom is -0.316 e. The highest BCUT2D eigenvalue weighted by molar-refractivity contribution is 4.88. The van der Waals surface area contributed by atoms with Crippen LogP contribution in [0.5, 0.6) is 0 Å². The molecule has 2 fully saturated rings. The maximum absolute atomic E-state index is 3.52. The van der Waals surface area contributed by atoms with Gasteiger partial charge in [0.25, 0.3) is 0 Å². The number of hydrogen-bond donors (Lipinski definition) is 2. The second-order valence-electron chi connectivity index (χ2n) is 3.10. The smallest absolute Gasteiger partial charge is 0.0120 e. The summed E-state index contributed by atoms with van der Waals surface area (Å²) in [5.74, 6) is 0.943. The van der Waals surface area contributed by atoms with Crippen LogP contribution in [0, 0.1) is 5.92 Å². The van der Waals surface area contributed by atoms with E-state index in [0.29, 0.717) is 0 Å². The molecule has 52 valence electrons. The van der Waals surface area contributed by atoms with Crippen LogP contribution in [-0.4, -0.2) is 25.7 Å². The lowest BCUT2D eigenvalue weighted by atomic mass is 9.95. The van der Waals surface area contributed by atoms with Gasteiger partial charge in [-0.25, -0.2) is 0 Å². The third-order valence-corrected chi connectivity index (χ3v) is 2.53. The maximum Gasteiger partial charge on any atom is 0.0120 e. The van der Waals surface area contributed by atoms with Crippen LogP contribution in [0.3, 0.4) is 0 Å². The van der Waals surface area contributed by atoms with E-state index in [-0.39, 0.29) is 0 Å². The molecule has 0 radical (unpaired) electrons. The zero-order chi connectivity index (χ0) is 6.10. The number of fused-ring (bicyclic) bond motifs is 1. The van der Waals surface area contributed by atoms with E-state index in [1.807, 2.05) is 0 Å². The molecule has 0 unspecified atom stereocenters. The van der Waals surface area contributed by atoms with Crippen LogP contribution in [0.4, 0.5) is 0 Å². The van der Waals surface area contributed by atoms with Gasteiger partial charge in [-0.3, -0.25) is 0 Å². The van der Waals surface area contributed by atoms with E-state index >= 15 is 0 Å². The van der Waals surface area contributed by atoms with E-state index < -0.39 is 0 Å². The fraction of sp³-hybridized carbons (Fsp3) is 1.00. The van der Waals surface area contributed by atoms with Crippen LogP contribution in [0.15, 0.2) is 0 Å². The predicted molar refractivity (Wildman–Crippen MR) is 37.4 cm³/mol. The van der Waals surface area contributed by atoms with E-state index in [0.717, 1.165) is 12.0 Å². The highest BCUT2D eigenvalue weighted by Crippen LogP contribution is 2.19. The van der Waals surface area contributed by atoms with Gasteiger partial charge in [-0.2, -0.15) is 0 Å². The molecule has 0 amide bonds. The monoisotopic (exact) mass is 126 g/mol. The Bertz CT molecular complexity index is 91.1. The SMILES string of the molecule is C1C[C@H]2NCC[C@H]2CN1. The van der Waals surface area contributed by atoms with Crippen molar-refractivity contribution in [3.05, 3.63) is 0 Å². The molecule has 0 aromatic heterocycles. The first-order valence-corrected chi connectivity index (χ1v) is 3.91. The molecule has 0 bridgehead atoms. The average molecular weight is 126 g/mol. The van der Waals surface area contributed by atoms with E-state index in [2.05, 4.69) is 10.6 Å². The summed E-state index contributed by atoms with van der Waals surface area (Å²) in [7, 11) is 0. The Hall–Kier alpha value is -0.0800. The normalized spacial score (nSPS) is 42.7. The summed E-state index contributed by atoms with van der Waals surface area (Å²) in [4.78, 5) is 0. The Balaban J connectivity index is 1.97. The molecular formula is C7H14N2. The van der Waals surface area contributed by atoms with E-state index in [1.165, 1.54) is 32.5 Å². The van der Waals surface area contributed by atoms with Gasteiger partial charge in [0, 0.05) is 6.04 Å². The molecule has 2 heteroatoms. The minimum absolute atomic E-state index is 0.853. The molecule has 2 aliphatic rings. The molecule has 2 atom stereocenters. The van der Waals surface area contributed by atoms with Crippen LogP contribution in [0.25, 0.3) is 0 Å². The van der Waals surface area contributed by atoms with E-state index in [1.54, 1.807) is 0 Å². The summed E-state index contributed by atoms with van der Waals surface area (Å²) in [6.45, 7) is 3.71. The van der Waals surface area contributed by atoms with Gasteiger partial charge in [0.15, 0.2) is 0 Å². The van der Waals surface area contributed by atoms with Crippen molar-refractivity contribution in [3.63, 3.8) is 0 Å². The van der Waals surface area contributed by atoms with Crippen LogP contribution in [-0.2, 0) is 0 Å². The topological polar surface area (TPSA) is 24.1 Å². The molecule has 0 aromatic rings. The zero-order valence-electron chi connectivity index (χ0n) is 5.69. The summed E-state index contributed by atoms with van der Waals surface area (Å²) in [6, 6.07) is 0.853. The first-order valence-electron chi connectivity index (χ1n) is 3.91. The maximum atomic E-state index is 3.52. The Morgan fingerprint density at radius 3 is 3.00 bits per heavy atom. The van der Waals surface area contributed by atoms with Crippen LogP contribution >= 0.6 is 0 Å². The molecule has 2 N–H and O–H groups in total. The van der Waals surface area contributed by atoms with Crippen molar-refractivity contribution in [2.75, 3.05) is 19.6 Å². The van der Waals surface area contributed by atoms with Crippen LogP contribution < -0.4 is 10.6 Å². The summed E-state index contributed by atoms with van der Waals surface area (Å²) >= 11 is 0. The summed E-state index contributed by atoms with van der Waals surface area (Å²) in [6.07, 6.45) is 2.72. The lowest BCUT2D eigenvalue weighted by Crippen LogP contribution is -2.41. The molecule has 2 nitrogen and oxygen atoms in total.